The Morgan fingerprint density at radius 2 is 1.73 bits per heavy atom. The van der Waals surface area contributed by atoms with E-state index in [2.05, 4.69) is 52.4 Å². The molecule has 0 unspecified atom stereocenters. The van der Waals surface area contributed by atoms with Gasteiger partial charge in [0.1, 0.15) is 5.69 Å². The van der Waals surface area contributed by atoms with E-state index in [0.29, 0.717) is 41.9 Å². The number of hydroxylamine groups is 1. The van der Waals surface area contributed by atoms with E-state index in [1.807, 2.05) is 4.90 Å². The van der Waals surface area contributed by atoms with Crippen LogP contribution >= 0.6 is 0 Å². The van der Waals surface area contributed by atoms with Gasteiger partial charge in [-0.1, -0.05) is 6.07 Å². The Morgan fingerprint density at radius 3 is 2.27 bits per heavy atom. The first-order valence-electron chi connectivity index (χ1n) is 9.96. The molecule has 0 radical (unpaired) electrons. The van der Waals surface area contributed by atoms with Gasteiger partial charge in [-0.25, -0.2) is 15.5 Å². The Morgan fingerprint density at radius 1 is 1.10 bits per heavy atom. The predicted octanol–water partition coefficient (Wildman–Crippen LogP) is 3.01. The number of nitrogens with zero attached hydrogens (tertiary/aromatic N) is 4. The lowest BCUT2D eigenvalue weighted by atomic mass is 10.1. The number of piperazine rings is 1. The number of pyridine rings is 1. The number of methoxy groups -OCH3 is 1. The summed E-state index contributed by atoms with van der Waals surface area (Å²) in [7, 11) is 1.50. The van der Waals surface area contributed by atoms with Crippen molar-refractivity contribution < 1.29 is 14.7 Å². The molecule has 1 fully saturated rings. The number of rotatable bonds is 4. The molecule has 1 aliphatic heterocycles. The Hall–Kier alpha value is -3.13. The summed E-state index contributed by atoms with van der Waals surface area (Å²) >= 11 is 0. The smallest absolute Gasteiger partial charge is 0.240 e. The maximum absolute atomic E-state index is 11.9. The van der Waals surface area contributed by atoms with E-state index in [4.69, 9.17) is 4.74 Å². The second kappa shape index (κ2) is 9.13. The van der Waals surface area contributed by atoms with E-state index in [1.165, 1.54) is 30.8 Å². The van der Waals surface area contributed by atoms with Crippen molar-refractivity contribution in [2.75, 3.05) is 38.2 Å². The second-order valence-corrected chi connectivity index (χ2v) is 7.57. The Balaban J connectivity index is 1.81. The van der Waals surface area contributed by atoms with Gasteiger partial charge in [-0.15, -0.1) is 0 Å². The molecule has 3 rings (SSSR count). The van der Waals surface area contributed by atoms with E-state index in [0.717, 1.165) is 13.1 Å². The highest BCUT2D eigenvalue weighted by Crippen LogP contribution is 2.28. The molecule has 0 atom stereocenters. The zero-order chi connectivity index (χ0) is 21.8. The number of aryl methyl sites for hydroxylation is 3. The summed E-state index contributed by atoms with van der Waals surface area (Å²) in [4.78, 5) is 25.0. The minimum Gasteiger partial charge on any atom is -0.479 e. The van der Waals surface area contributed by atoms with Crippen LogP contribution < -0.4 is 15.1 Å². The molecule has 0 spiro atoms. The van der Waals surface area contributed by atoms with E-state index in [1.54, 1.807) is 13.0 Å². The van der Waals surface area contributed by atoms with Gasteiger partial charge in [0.05, 0.1) is 12.8 Å². The number of hydrogen-bond donors (Lipinski definition) is 2. The lowest BCUT2D eigenvalue weighted by molar-refractivity contribution is 0.101. The normalized spacial score (nSPS) is 14.7. The molecule has 30 heavy (non-hydrogen) atoms. The van der Waals surface area contributed by atoms with Crippen LogP contribution in [-0.2, 0) is 0 Å². The lowest BCUT2D eigenvalue weighted by Gasteiger charge is -2.37. The highest BCUT2D eigenvalue weighted by Gasteiger charge is 2.21. The maximum atomic E-state index is 11.9. The quantitative estimate of drug-likeness (QED) is 0.346. The van der Waals surface area contributed by atoms with Gasteiger partial charge >= 0.3 is 0 Å². The molecule has 160 valence electrons. The van der Waals surface area contributed by atoms with Crippen molar-refractivity contribution in [3.63, 3.8) is 0 Å². The van der Waals surface area contributed by atoms with Crippen molar-refractivity contribution >= 4 is 23.1 Å². The predicted molar refractivity (Wildman–Crippen MR) is 117 cm³/mol. The van der Waals surface area contributed by atoms with E-state index in [9.17, 15) is 10.0 Å². The minimum absolute atomic E-state index is 0.0975. The van der Waals surface area contributed by atoms with Gasteiger partial charge in [0.25, 0.3) is 0 Å². The van der Waals surface area contributed by atoms with Gasteiger partial charge in [0.15, 0.2) is 5.78 Å². The molecule has 1 saturated heterocycles. The minimum atomic E-state index is -0.0975. The topological polar surface area (TPSA) is 90.3 Å². The molecule has 8 heteroatoms. The van der Waals surface area contributed by atoms with Crippen LogP contribution in [0.2, 0.25) is 0 Å². The summed E-state index contributed by atoms with van der Waals surface area (Å²) in [5, 5.41) is 9.73. The van der Waals surface area contributed by atoms with Crippen LogP contribution in [0.5, 0.6) is 5.88 Å². The van der Waals surface area contributed by atoms with Crippen molar-refractivity contribution in [1.29, 1.82) is 0 Å². The lowest BCUT2D eigenvalue weighted by Crippen LogP contribution is -2.52. The number of anilines is 1. The number of Topliss-reactive ketones (excluding diaryl/α,β-unsaturated/α-hetero) is 1. The van der Waals surface area contributed by atoms with Crippen LogP contribution in [0.25, 0.3) is 0 Å². The molecule has 0 amide bonds. The van der Waals surface area contributed by atoms with Crippen molar-refractivity contribution in [3.8, 4) is 5.88 Å². The van der Waals surface area contributed by atoms with Crippen LogP contribution in [-0.4, -0.2) is 60.1 Å². The Kier molecular flexibility index (Phi) is 6.56. The number of benzene rings is 1. The van der Waals surface area contributed by atoms with Crippen molar-refractivity contribution in [2.45, 2.75) is 27.7 Å². The molecule has 2 aromatic rings. The van der Waals surface area contributed by atoms with E-state index in [-0.39, 0.29) is 5.78 Å². The second-order valence-electron chi connectivity index (χ2n) is 7.57. The highest BCUT2D eigenvalue weighted by atomic mass is 16.5. The van der Waals surface area contributed by atoms with Crippen LogP contribution in [0.3, 0.4) is 0 Å². The standard InChI is InChI=1S/C22H29N5O3/c1-14-10-15(2)12-18(11-14)26-6-8-27(9-7-26)22(25-29)24-20-13-19(17(4)28)16(3)23-21(20)30-5/h10-13,29H,6-9H2,1-5H3,(H,24,25). The van der Waals surface area contributed by atoms with E-state index >= 15 is 0 Å². The van der Waals surface area contributed by atoms with Crippen molar-refractivity contribution in [3.05, 3.63) is 46.6 Å². The van der Waals surface area contributed by atoms with Gasteiger partial charge in [-0.2, -0.15) is 0 Å². The summed E-state index contributed by atoms with van der Waals surface area (Å²) in [5.74, 6) is 0.507. The molecular formula is C22H29N5O3. The van der Waals surface area contributed by atoms with Crippen molar-refractivity contribution in [2.24, 2.45) is 4.99 Å². The molecule has 8 nitrogen and oxygen atoms in total. The largest absolute Gasteiger partial charge is 0.479 e. The number of hydrogen-bond acceptors (Lipinski definition) is 6. The average Bonchev–Trinajstić information content (AvgIpc) is 2.71. The average molecular weight is 412 g/mol. The summed E-state index contributed by atoms with van der Waals surface area (Å²) in [5.41, 5.74) is 7.34. The summed E-state index contributed by atoms with van der Waals surface area (Å²) in [6.07, 6.45) is 0. The van der Waals surface area contributed by atoms with Gasteiger partial charge in [0, 0.05) is 37.4 Å². The molecular weight excluding hydrogens is 382 g/mol. The first-order chi connectivity index (χ1) is 14.3. The first-order valence-corrected chi connectivity index (χ1v) is 9.96. The number of carbonyl (C=O) groups excluding carboxylic acids is 1. The first kappa shape index (κ1) is 21.6. The number of nitrogens with one attached hydrogen (secondary N) is 1. The van der Waals surface area contributed by atoms with E-state index < -0.39 is 0 Å². The number of aromatic nitrogens is 1. The Bertz CT molecular complexity index is 945. The molecule has 1 aromatic heterocycles. The summed E-state index contributed by atoms with van der Waals surface area (Å²) < 4.78 is 5.33. The number of ether oxygens (including phenoxy) is 1. The van der Waals surface area contributed by atoms with Gasteiger partial charge in [-0.05, 0) is 57.0 Å². The summed E-state index contributed by atoms with van der Waals surface area (Å²) in [6, 6.07) is 8.19. The molecule has 2 heterocycles. The van der Waals surface area contributed by atoms with Crippen LogP contribution in [0, 0.1) is 20.8 Å². The summed E-state index contributed by atoms with van der Waals surface area (Å²) in [6.45, 7) is 10.4. The van der Waals surface area contributed by atoms with Crippen molar-refractivity contribution in [1.82, 2.24) is 15.4 Å². The third-order valence-corrected chi connectivity index (χ3v) is 5.21. The Labute approximate surface area is 177 Å². The van der Waals surface area contributed by atoms with Gasteiger partial charge in [-0.3, -0.25) is 10.0 Å². The maximum Gasteiger partial charge on any atom is 0.240 e. The number of carbonyl (C=O) groups is 1. The molecule has 2 N–H and O–H groups in total. The zero-order valence-electron chi connectivity index (χ0n) is 18.2. The molecule has 1 aromatic carbocycles. The molecule has 0 bridgehead atoms. The molecule has 0 saturated carbocycles. The van der Waals surface area contributed by atoms with Crippen LogP contribution in [0.1, 0.15) is 34.1 Å². The third-order valence-electron chi connectivity index (χ3n) is 5.21. The number of aliphatic imine (C=N–C) groups is 1. The fourth-order valence-electron chi connectivity index (χ4n) is 3.75. The molecule has 1 aliphatic rings. The van der Waals surface area contributed by atoms with Gasteiger partial charge < -0.3 is 14.5 Å². The fourth-order valence-corrected chi connectivity index (χ4v) is 3.75. The van der Waals surface area contributed by atoms with Crippen LogP contribution in [0.4, 0.5) is 11.4 Å². The van der Waals surface area contributed by atoms with Crippen LogP contribution in [0.15, 0.2) is 29.3 Å². The third kappa shape index (κ3) is 4.71. The number of guanidine groups is 1. The molecule has 0 aliphatic carbocycles. The van der Waals surface area contributed by atoms with Gasteiger partial charge in [0.2, 0.25) is 11.8 Å². The fraction of sp³-hybridized carbons (Fsp3) is 0.409. The monoisotopic (exact) mass is 411 g/mol. The SMILES string of the molecule is COc1nc(C)c(C(C)=O)cc1N=C(NO)N1CCN(c2cc(C)cc(C)c2)CC1. The number of ketones is 1. The highest BCUT2D eigenvalue weighted by molar-refractivity contribution is 5.96. The zero-order valence-corrected chi connectivity index (χ0v) is 18.2.